The van der Waals surface area contributed by atoms with E-state index in [4.69, 9.17) is 16.6 Å². The van der Waals surface area contributed by atoms with Crippen LogP contribution < -0.4 is 0 Å². The molecule has 0 spiro atoms. The van der Waals surface area contributed by atoms with Gasteiger partial charge in [0.15, 0.2) is 0 Å². The lowest BCUT2D eigenvalue weighted by molar-refractivity contribution is -0.159. The van der Waals surface area contributed by atoms with E-state index in [2.05, 4.69) is 15.2 Å². The Morgan fingerprint density at radius 3 is 2.23 bits per heavy atom. The summed E-state index contributed by atoms with van der Waals surface area (Å²) >= 11 is 7.69. The maximum Gasteiger partial charge on any atom is 0.228 e. The smallest absolute Gasteiger partial charge is 0.228 e. The normalized spacial score (nSPS) is 32.5. The van der Waals surface area contributed by atoms with E-state index in [-0.39, 0.29) is 5.41 Å². The second-order valence-electron chi connectivity index (χ2n) is 10.4. The second-order valence-corrected chi connectivity index (χ2v) is 11.7. The first-order valence-electron chi connectivity index (χ1n) is 11.8. The van der Waals surface area contributed by atoms with E-state index in [1.807, 2.05) is 24.3 Å². The summed E-state index contributed by atoms with van der Waals surface area (Å²) in [5.41, 5.74) is 2.24. The van der Waals surface area contributed by atoms with E-state index in [0.29, 0.717) is 5.91 Å². The molecule has 4 nitrogen and oxygen atoms in total. The molecule has 0 radical (unpaired) electrons. The van der Waals surface area contributed by atoms with Gasteiger partial charge in [-0.2, -0.15) is 0 Å². The first-order valence-corrected chi connectivity index (χ1v) is 13.0. The van der Waals surface area contributed by atoms with Crippen molar-refractivity contribution in [3.05, 3.63) is 40.4 Å². The zero-order valence-electron chi connectivity index (χ0n) is 17.9. The number of rotatable bonds is 4. The number of carbonyl (C=O) groups excluding carboxylic acids is 1. The van der Waals surface area contributed by atoms with Gasteiger partial charge in [0.1, 0.15) is 5.01 Å². The summed E-state index contributed by atoms with van der Waals surface area (Å²) in [6.45, 7) is 4.50. The van der Waals surface area contributed by atoms with Crippen LogP contribution in [-0.4, -0.2) is 46.9 Å². The Hall–Kier alpha value is -1.43. The molecule has 5 aliphatic rings. The molecule has 4 bridgehead atoms. The van der Waals surface area contributed by atoms with Crippen LogP contribution in [0.3, 0.4) is 0 Å². The zero-order chi connectivity index (χ0) is 21.0. The van der Waals surface area contributed by atoms with E-state index >= 15 is 0 Å². The highest BCUT2D eigenvalue weighted by Gasteiger charge is 2.55. The van der Waals surface area contributed by atoms with Crippen LogP contribution >= 0.6 is 22.9 Å². The second kappa shape index (κ2) is 7.86. The highest BCUT2D eigenvalue weighted by Crippen LogP contribution is 2.60. The van der Waals surface area contributed by atoms with Crippen molar-refractivity contribution in [2.24, 2.45) is 23.2 Å². The van der Waals surface area contributed by atoms with Gasteiger partial charge in [-0.1, -0.05) is 23.7 Å². The van der Waals surface area contributed by atoms with Crippen molar-refractivity contribution in [1.82, 2.24) is 14.8 Å². The molecule has 1 aromatic carbocycles. The lowest BCUT2D eigenvalue weighted by Gasteiger charge is -2.57. The van der Waals surface area contributed by atoms with Crippen LogP contribution in [0, 0.1) is 23.2 Å². The zero-order valence-corrected chi connectivity index (χ0v) is 19.5. The molecular formula is C25H30ClN3OS. The number of hydrogen-bond acceptors (Lipinski definition) is 4. The number of thiazole rings is 1. The molecule has 1 amide bonds. The topological polar surface area (TPSA) is 36.4 Å². The Bertz CT molecular complexity index is 928. The Morgan fingerprint density at radius 1 is 1.00 bits per heavy atom. The third-order valence-corrected chi connectivity index (χ3v) is 9.37. The monoisotopic (exact) mass is 455 g/mol. The molecule has 7 rings (SSSR count). The molecule has 1 aliphatic heterocycles. The summed E-state index contributed by atoms with van der Waals surface area (Å²) in [5, 5.41) is 3.96. The van der Waals surface area contributed by atoms with Crippen LogP contribution in [0.5, 0.6) is 0 Å². The van der Waals surface area contributed by atoms with Crippen LogP contribution in [0.15, 0.2) is 29.6 Å². The Balaban J connectivity index is 1.06. The number of carbonyl (C=O) groups is 1. The predicted molar refractivity (Wildman–Crippen MR) is 125 cm³/mol. The summed E-state index contributed by atoms with van der Waals surface area (Å²) in [5.74, 6) is 2.98. The van der Waals surface area contributed by atoms with Gasteiger partial charge >= 0.3 is 0 Å². The molecule has 2 aromatic rings. The van der Waals surface area contributed by atoms with Crippen LogP contribution in [0.4, 0.5) is 0 Å². The minimum atomic E-state index is -0.000679. The molecule has 4 aliphatic carbocycles. The highest BCUT2D eigenvalue weighted by atomic mass is 35.5. The minimum absolute atomic E-state index is 0.000679. The lowest BCUT2D eigenvalue weighted by atomic mass is 9.49. The third-order valence-electron chi connectivity index (χ3n) is 8.18. The Kier molecular flexibility index (Phi) is 5.12. The van der Waals surface area contributed by atoms with Crippen LogP contribution in [0.1, 0.15) is 44.2 Å². The molecule has 1 aromatic heterocycles. The van der Waals surface area contributed by atoms with Crippen molar-refractivity contribution < 1.29 is 4.79 Å². The van der Waals surface area contributed by atoms with Gasteiger partial charge in [-0.3, -0.25) is 9.69 Å². The van der Waals surface area contributed by atoms with Crippen molar-refractivity contribution >= 4 is 28.8 Å². The average molecular weight is 456 g/mol. The van der Waals surface area contributed by atoms with Crippen molar-refractivity contribution in [2.45, 2.75) is 45.1 Å². The van der Waals surface area contributed by atoms with Crippen LogP contribution in [0.25, 0.3) is 10.6 Å². The summed E-state index contributed by atoms with van der Waals surface area (Å²) in [7, 11) is 0. The van der Waals surface area contributed by atoms with Crippen LogP contribution in [0.2, 0.25) is 5.02 Å². The molecule has 0 unspecified atom stereocenters. The summed E-state index contributed by atoms with van der Waals surface area (Å²) in [6.07, 6.45) is 7.70. The molecule has 31 heavy (non-hydrogen) atoms. The minimum Gasteiger partial charge on any atom is -0.340 e. The summed E-state index contributed by atoms with van der Waals surface area (Å²) < 4.78 is 0. The van der Waals surface area contributed by atoms with Gasteiger partial charge < -0.3 is 4.90 Å². The molecule has 164 valence electrons. The standard InChI is InChI=1S/C25H30ClN3OS/c26-21-3-1-20(2-4-21)23-27-22(16-31-23)15-28-5-7-29(8-6-28)24(30)25-12-17-9-18(13-25)11-19(10-17)14-25/h1-4,16-19H,5-15H2. The maximum atomic E-state index is 13.6. The quantitative estimate of drug-likeness (QED) is 0.625. The predicted octanol–water partition coefficient (Wildman–Crippen LogP) is 5.32. The van der Waals surface area contributed by atoms with Gasteiger partial charge in [-0.25, -0.2) is 4.98 Å². The largest absolute Gasteiger partial charge is 0.340 e. The van der Waals surface area contributed by atoms with E-state index in [9.17, 15) is 4.79 Å². The van der Waals surface area contributed by atoms with Gasteiger partial charge in [0.05, 0.1) is 11.1 Å². The van der Waals surface area contributed by atoms with Gasteiger partial charge in [0, 0.05) is 48.7 Å². The highest BCUT2D eigenvalue weighted by molar-refractivity contribution is 7.13. The SMILES string of the molecule is O=C(N1CCN(Cc2csc(-c3ccc(Cl)cc3)n2)CC1)C12CC3CC(CC(C3)C1)C2. The Labute approximate surface area is 193 Å². The fourth-order valence-corrected chi connectivity index (χ4v) is 8.09. The number of aromatic nitrogens is 1. The number of piperazine rings is 1. The molecule has 4 saturated carbocycles. The van der Waals surface area contributed by atoms with Crippen molar-refractivity contribution in [3.63, 3.8) is 0 Å². The summed E-state index contributed by atoms with van der Waals surface area (Å²) in [6, 6.07) is 7.88. The number of amides is 1. The summed E-state index contributed by atoms with van der Waals surface area (Å²) in [4.78, 5) is 23.1. The number of nitrogens with zero attached hydrogens (tertiary/aromatic N) is 3. The van der Waals surface area contributed by atoms with E-state index in [1.54, 1.807) is 11.3 Å². The molecule has 0 atom stereocenters. The molecule has 0 N–H and O–H groups in total. The fourth-order valence-electron chi connectivity index (χ4n) is 7.15. The third kappa shape index (κ3) is 3.83. The van der Waals surface area contributed by atoms with Crippen molar-refractivity contribution in [1.29, 1.82) is 0 Å². The van der Waals surface area contributed by atoms with Gasteiger partial charge in [0.2, 0.25) is 5.91 Å². The van der Waals surface area contributed by atoms with E-state index in [1.165, 1.54) is 38.5 Å². The van der Waals surface area contributed by atoms with E-state index in [0.717, 1.165) is 71.8 Å². The number of hydrogen-bond donors (Lipinski definition) is 0. The molecule has 1 saturated heterocycles. The van der Waals surface area contributed by atoms with Crippen molar-refractivity contribution in [3.8, 4) is 10.6 Å². The Morgan fingerprint density at radius 2 is 1.61 bits per heavy atom. The fraction of sp³-hybridized carbons (Fsp3) is 0.600. The molecule has 2 heterocycles. The lowest BCUT2D eigenvalue weighted by Crippen LogP contribution is -2.58. The van der Waals surface area contributed by atoms with Crippen molar-refractivity contribution in [2.75, 3.05) is 26.2 Å². The van der Waals surface area contributed by atoms with Gasteiger partial charge in [-0.15, -0.1) is 11.3 Å². The first-order chi connectivity index (χ1) is 15.1. The molecular weight excluding hydrogens is 426 g/mol. The molecule has 5 fully saturated rings. The average Bonchev–Trinajstić information content (AvgIpc) is 3.22. The maximum absolute atomic E-state index is 13.6. The van der Waals surface area contributed by atoms with E-state index < -0.39 is 0 Å². The molecule has 6 heteroatoms. The van der Waals surface area contributed by atoms with Gasteiger partial charge in [-0.05, 0) is 68.4 Å². The number of halogens is 1. The van der Waals surface area contributed by atoms with Gasteiger partial charge in [0.25, 0.3) is 0 Å². The number of benzene rings is 1. The van der Waals surface area contributed by atoms with Crippen LogP contribution in [-0.2, 0) is 11.3 Å². The first kappa shape index (κ1) is 20.2.